The second-order valence-corrected chi connectivity index (χ2v) is 6.33. The molecule has 1 N–H and O–H groups in total. The molecule has 0 bridgehead atoms. The Kier molecular flexibility index (Phi) is 7.04. The molecular formula is C23H24N2O3. The molecule has 0 saturated carbocycles. The summed E-state index contributed by atoms with van der Waals surface area (Å²) in [5, 5.41) is 1.89. The van der Waals surface area contributed by atoms with Crippen molar-refractivity contribution < 1.29 is 14.3 Å². The average molecular weight is 376 g/mol. The number of carbonyl (C=O) groups is 1. The summed E-state index contributed by atoms with van der Waals surface area (Å²) in [6, 6.07) is 27.2. The van der Waals surface area contributed by atoms with Crippen molar-refractivity contribution in [3.05, 3.63) is 96.1 Å². The molecule has 28 heavy (non-hydrogen) atoms. The number of hydrazine groups is 1. The van der Waals surface area contributed by atoms with Gasteiger partial charge in [-0.15, -0.1) is 0 Å². The van der Waals surface area contributed by atoms with Crippen LogP contribution in [0.1, 0.15) is 11.1 Å². The molecule has 5 heteroatoms. The Morgan fingerprint density at radius 1 is 0.786 bits per heavy atom. The second-order valence-electron chi connectivity index (χ2n) is 6.33. The van der Waals surface area contributed by atoms with Crippen LogP contribution in [-0.2, 0) is 17.9 Å². The van der Waals surface area contributed by atoms with E-state index in [1.165, 1.54) is 0 Å². The molecule has 0 heterocycles. The lowest BCUT2D eigenvalue weighted by Gasteiger charge is -2.23. The smallest absolute Gasteiger partial charge is 0.272 e. The van der Waals surface area contributed by atoms with Crippen LogP contribution >= 0.6 is 0 Å². The van der Waals surface area contributed by atoms with Crippen molar-refractivity contribution in [1.82, 2.24) is 10.4 Å². The molecule has 0 fully saturated rings. The van der Waals surface area contributed by atoms with Gasteiger partial charge in [-0.3, -0.25) is 10.2 Å². The number of hydrogen-bond donors (Lipinski definition) is 1. The summed E-state index contributed by atoms with van der Waals surface area (Å²) in [4.78, 5) is 12.4. The lowest BCUT2D eigenvalue weighted by molar-refractivity contribution is -0.128. The van der Waals surface area contributed by atoms with Crippen molar-refractivity contribution in [2.45, 2.75) is 13.1 Å². The molecule has 0 unspecified atom stereocenters. The van der Waals surface area contributed by atoms with E-state index in [9.17, 15) is 4.79 Å². The Balaban J connectivity index is 1.59. The van der Waals surface area contributed by atoms with Crippen LogP contribution in [0.2, 0.25) is 0 Å². The minimum atomic E-state index is -0.206. The van der Waals surface area contributed by atoms with E-state index in [0.29, 0.717) is 18.8 Å². The predicted molar refractivity (Wildman–Crippen MR) is 109 cm³/mol. The molecule has 0 spiro atoms. The highest BCUT2D eigenvalue weighted by Gasteiger charge is 2.12. The maximum absolute atomic E-state index is 12.4. The minimum Gasteiger partial charge on any atom is -0.497 e. The largest absolute Gasteiger partial charge is 0.497 e. The summed E-state index contributed by atoms with van der Waals surface area (Å²) in [5.41, 5.74) is 5.19. The van der Waals surface area contributed by atoms with E-state index in [0.717, 1.165) is 16.9 Å². The van der Waals surface area contributed by atoms with Gasteiger partial charge in [-0.1, -0.05) is 60.7 Å². The summed E-state index contributed by atoms with van der Waals surface area (Å²) in [6.45, 7) is 1.14. The highest BCUT2D eigenvalue weighted by atomic mass is 16.5. The summed E-state index contributed by atoms with van der Waals surface area (Å²) < 4.78 is 10.7. The van der Waals surface area contributed by atoms with Crippen LogP contribution in [0, 0.1) is 0 Å². The van der Waals surface area contributed by atoms with Crippen molar-refractivity contribution in [2.24, 2.45) is 0 Å². The molecule has 0 aliphatic heterocycles. The average Bonchev–Trinajstić information content (AvgIpc) is 2.74. The molecule has 1 amide bonds. The highest BCUT2D eigenvalue weighted by Crippen LogP contribution is 2.16. The Hall–Kier alpha value is -3.31. The molecule has 3 aromatic rings. The summed E-state index contributed by atoms with van der Waals surface area (Å²) in [6.07, 6.45) is 0. The molecule has 0 radical (unpaired) electrons. The fourth-order valence-electron chi connectivity index (χ4n) is 2.77. The van der Waals surface area contributed by atoms with E-state index in [1.54, 1.807) is 31.4 Å². The van der Waals surface area contributed by atoms with Crippen LogP contribution in [0.3, 0.4) is 0 Å². The summed E-state index contributed by atoms with van der Waals surface area (Å²) in [5.74, 6) is 1.16. The van der Waals surface area contributed by atoms with Gasteiger partial charge in [-0.05, 0) is 35.4 Å². The fraction of sp³-hybridized carbons (Fsp3) is 0.174. The van der Waals surface area contributed by atoms with Gasteiger partial charge in [-0.2, -0.15) is 0 Å². The van der Waals surface area contributed by atoms with Gasteiger partial charge in [0.15, 0.2) is 6.61 Å². The summed E-state index contributed by atoms with van der Waals surface area (Å²) in [7, 11) is 1.61. The fourth-order valence-corrected chi connectivity index (χ4v) is 2.77. The third-order valence-corrected chi connectivity index (χ3v) is 4.14. The number of ether oxygens (including phenoxy) is 2. The van der Waals surface area contributed by atoms with Gasteiger partial charge in [0.1, 0.15) is 11.5 Å². The van der Waals surface area contributed by atoms with Crippen LogP contribution in [0.5, 0.6) is 11.5 Å². The van der Waals surface area contributed by atoms with Gasteiger partial charge >= 0.3 is 0 Å². The highest BCUT2D eigenvalue weighted by molar-refractivity contribution is 5.77. The van der Waals surface area contributed by atoms with Gasteiger partial charge in [-0.25, -0.2) is 5.01 Å². The number of nitrogens with zero attached hydrogens (tertiary/aromatic N) is 1. The van der Waals surface area contributed by atoms with Crippen molar-refractivity contribution in [3.8, 4) is 11.5 Å². The van der Waals surface area contributed by atoms with Crippen LogP contribution in [0.25, 0.3) is 0 Å². The molecular weight excluding hydrogens is 352 g/mol. The third kappa shape index (κ3) is 6.14. The number of nitrogens with one attached hydrogen (secondary N) is 1. The van der Waals surface area contributed by atoms with Gasteiger partial charge in [0.05, 0.1) is 7.11 Å². The molecule has 0 aliphatic rings. The molecule has 0 saturated heterocycles. The quantitative estimate of drug-likeness (QED) is 0.577. The van der Waals surface area contributed by atoms with Gasteiger partial charge in [0, 0.05) is 13.1 Å². The van der Waals surface area contributed by atoms with Crippen LogP contribution < -0.4 is 14.9 Å². The number of hydrogen-bond acceptors (Lipinski definition) is 4. The number of carbonyl (C=O) groups excluding carboxylic acids is 1. The number of amides is 1. The number of rotatable bonds is 9. The predicted octanol–water partition coefficient (Wildman–Crippen LogP) is 3.81. The van der Waals surface area contributed by atoms with Gasteiger partial charge < -0.3 is 9.47 Å². The molecule has 0 aliphatic carbocycles. The normalized spacial score (nSPS) is 10.5. The standard InChI is InChI=1S/C23H24N2O3/c1-27-21-12-14-22(15-13-21)28-18-23(26)24-25(16-19-8-4-2-5-9-19)17-20-10-6-3-7-11-20/h2-15H,16-18H2,1H3,(H,24,26). The van der Waals surface area contributed by atoms with Crippen LogP contribution in [0.4, 0.5) is 0 Å². The van der Waals surface area contributed by atoms with Crippen molar-refractivity contribution in [3.63, 3.8) is 0 Å². The molecule has 144 valence electrons. The van der Waals surface area contributed by atoms with Crippen LogP contribution in [-0.4, -0.2) is 24.6 Å². The number of benzene rings is 3. The molecule has 5 nitrogen and oxygen atoms in total. The maximum Gasteiger partial charge on any atom is 0.272 e. The molecule has 3 rings (SSSR count). The SMILES string of the molecule is COc1ccc(OCC(=O)NN(Cc2ccccc2)Cc2ccccc2)cc1. The number of methoxy groups -OCH3 is 1. The zero-order valence-electron chi connectivity index (χ0n) is 15.9. The van der Waals surface area contributed by atoms with E-state index in [-0.39, 0.29) is 12.5 Å². The first kappa shape index (κ1) is 19.5. The van der Waals surface area contributed by atoms with Crippen LogP contribution in [0.15, 0.2) is 84.9 Å². The van der Waals surface area contributed by atoms with E-state index < -0.39 is 0 Å². The second kappa shape index (κ2) is 10.1. The van der Waals surface area contributed by atoms with E-state index >= 15 is 0 Å². The van der Waals surface area contributed by atoms with Gasteiger partial charge in [0.2, 0.25) is 0 Å². The van der Waals surface area contributed by atoms with Crippen molar-refractivity contribution >= 4 is 5.91 Å². The zero-order chi connectivity index (χ0) is 19.6. The first-order valence-corrected chi connectivity index (χ1v) is 9.12. The summed E-state index contributed by atoms with van der Waals surface area (Å²) >= 11 is 0. The molecule has 0 atom stereocenters. The lowest BCUT2D eigenvalue weighted by atomic mass is 10.2. The zero-order valence-corrected chi connectivity index (χ0v) is 15.9. The van der Waals surface area contributed by atoms with E-state index in [2.05, 4.69) is 5.43 Å². The first-order valence-electron chi connectivity index (χ1n) is 9.12. The Morgan fingerprint density at radius 2 is 1.29 bits per heavy atom. The first-order chi connectivity index (χ1) is 13.7. The topological polar surface area (TPSA) is 50.8 Å². The van der Waals surface area contributed by atoms with E-state index in [4.69, 9.17) is 9.47 Å². The Labute approximate surface area is 165 Å². The van der Waals surface area contributed by atoms with Gasteiger partial charge in [0.25, 0.3) is 5.91 Å². The van der Waals surface area contributed by atoms with Crippen molar-refractivity contribution in [2.75, 3.05) is 13.7 Å². The third-order valence-electron chi connectivity index (χ3n) is 4.14. The lowest BCUT2D eigenvalue weighted by Crippen LogP contribution is -2.43. The Bertz CT molecular complexity index is 811. The maximum atomic E-state index is 12.4. The molecule has 3 aromatic carbocycles. The van der Waals surface area contributed by atoms with E-state index in [1.807, 2.05) is 65.7 Å². The van der Waals surface area contributed by atoms with Crippen molar-refractivity contribution in [1.29, 1.82) is 0 Å². The minimum absolute atomic E-state index is 0.0631. The Morgan fingerprint density at radius 3 is 1.79 bits per heavy atom. The monoisotopic (exact) mass is 376 g/mol. The molecule has 0 aromatic heterocycles.